The van der Waals surface area contributed by atoms with E-state index in [9.17, 15) is 0 Å². The van der Waals surface area contributed by atoms with Crippen LogP contribution >= 0.6 is 0 Å². The number of nitrogens with one attached hydrogen (secondary N) is 1. The van der Waals surface area contributed by atoms with Crippen molar-refractivity contribution in [2.75, 3.05) is 20.1 Å². The van der Waals surface area contributed by atoms with E-state index in [2.05, 4.69) is 80.2 Å². The van der Waals surface area contributed by atoms with Gasteiger partial charge in [0.05, 0.1) is 0 Å². The summed E-state index contributed by atoms with van der Waals surface area (Å²) in [5.41, 5.74) is 6.49. The second kappa shape index (κ2) is 12.5. The highest BCUT2D eigenvalue weighted by Gasteiger charge is 2.54. The van der Waals surface area contributed by atoms with Crippen molar-refractivity contribution in [3.63, 3.8) is 0 Å². The van der Waals surface area contributed by atoms with Crippen molar-refractivity contribution in [3.05, 3.63) is 59.2 Å². The summed E-state index contributed by atoms with van der Waals surface area (Å²) in [5.74, 6) is 4.20. The molecular formula is C37H56N2. The Bertz CT molecular complexity index is 1050. The van der Waals surface area contributed by atoms with Gasteiger partial charge in [0.2, 0.25) is 0 Å². The maximum absolute atomic E-state index is 4.13. The molecule has 6 rings (SSSR count). The SMILES string of the molecule is C=Cc1cc(C2CCC3C4CCC5C[C@H](N6CCC(NC)C6)CCC5=CC4CCC23C)ccc1/C=C\C.CC. The van der Waals surface area contributed by atoms with Crippen molar-refractivity contribution in [3.8, 4) is 0 Å². The summed E-state index contributed by atoms with van der Waals surface area (Å²) < 4.78 is 0. The molecular weight excluding hydrogens is 472 g/mol. The Balaban J connectivity index is 0.00000151. The number of fused-ring (bicyclic) bond motifs is 4. The van der Waals surface area contributed by atoms with Gasteiger partial charge in [-0.3, -0.25) is 4.90 Å². The highest BCUT2D eigenvalue weighted by atomic mass is 15.2. The number of hydrogen-bond acceptors (Lipinski definition) is 2. The van der Waals surface area contributed by atoms with Crippen LogP contribution in [0.2, 0.25) is 0 Å². The fourth-order valence-corrected chi connectivity index (χ4v) is 9.82. The summed E-state index contributed by atoms with van der Waals surface area (Å²) in [6, 6.07) is 8.78. The molecule has 5 aliphatic rings. The number of benzene rings is 1. The van der Waals surface area contributed by atoms with E-state index in [1.54, 1.807) is 5.56 Å². The summed E-state index contributed by atoms with van der Waals surface area (Å²) in [5, 5.41) is 3.53. The lowest BCUT2D eigenvalue weighted by Gasteiger charge is -2.48. The largest absolute Gasteiger partial charge is 0.316 e. The summed E-state index contributed by atoms with van der Waals surface area (Å²) >= 11 is 0. The molecule has 0 radical (unpaired) electrons. The van der Waals surface area contributed by atoms with E-state index < -0.39 is 0 Å². The summed E-state index contributed by atoms with van der Waals surface area (Å²) in [6.45, 7) is 15.5. The third-order valence-corrected chi connectivity index (χ3v) is 11.8. The summed E-state index contributed by atoms with van der Waals surface area (Å²) in [7, 11) is 2.14. The van der Waals surface area contributed by atoms with E-state index in [-0.39, 0.29) is 0 Å². The molecule has 1 heterocycles. The van der Waals surface area contributed by atoms with Crippen molar-refractivity contribution in [1.82, 2.24) is 10.2 Å². The van der Waals surface area contributed by atoms with Crippen LogP contribution in [-0.4, -0.2) is 37.1 Å². The van der Waals surface area contributed by atoms with Crippen LogP contribution in [0.4, 0.5) is 0 Å². The lowest BCUT2D eigenvalue weighted by atomic mass is 9.56. The molecule has 1 aromatic rings. The maximum atomic E-state index is 4.13. The van der Waals surface area contributed by atoms with Gasteiger partial charge in [-0.05, 0) is 130 Å². The monoisotopic (exact) mass is 528 g/mol. The molecule has 214 valence electrons. The molecule has 1 aromatic carbocycles. The van der Waals surface area contributed by atoms with Crippen molar-refractivity contribution >= 4 is 12.2 Å². The number of likely N-dealkylation sites (N-methyl/N-ethyl adjacent to an activating group) is 1. The van der Waals surface area contributed by atoms with Gasteiger partial charge in [-0.2, -0.15) is 0 Å². The highest BCUT2D eigenvalue weighted by Crippen LogP contribution is 2.64. The topological polar surface area (TPSA) is 15.3 Å². The van der Waals surface area contributed by atoms with Gasteiger partial charge in [0.1, 0.15) is 0 Å². The quantitative estimate of drug-likeness (QED) is 0.383. The second-order valence-electron chi connectivity index (χ2n) is 13.4. The van der Waals surface area contributed by atoms with Gasteiger partial charge in [0, 0.05) is 25.2 Å². The van der Waals surface area contributed by atoms with Crippen LogP contribution in [0.25, 0.3) is 12.2 Å². The van der Waals surface area contributed by atoms with E-state index in [1.807, 2.05) is 19.4 Å². The van der Waals surface area contributed by atoms with Gasteiger partial charge in [0.15, 0.2) is 0 Å². The molecule has 8 atom stereocenters. The molecule has 0 amide bonds. The third-order valence-electron chi connectivity index (χ3n) is 11.8. The minimum absolute atomic E-state index is 0.454. The summed E-state index contributed by atoms with van der Waals surface area (Å²) in [4.78, 5) is 2.83. The lowest BCUT2D eigenvalue weighted by Crippen LogP contribution is -2.40. The normalized spacial score (nSPS) is 38.2. The predicted molar refractivity (Wildman–Crippen MR) is 170 cm³/mol. The Morgan fingerprint density at radius 1 is 1.03 bits per heavy atom. The standard InChI is InChI=1S/C35H50N2.C2H6/c1-5-7-25-8-9-29(20-24(25)6-2)33-14-15-34-32-13-11-27-22-31(37-19-17-30(23-37)36-4)12-10-26(27)21-28(32)16-18-35(33,34)3;1-2/h5-9,20-21,27-28,30-34,36H,2,10-19,22-23H2,1,3-4H3;1-2H3/b7-5-;/t27?,28?,30?,31-,32?,33?,34?,35?;/m1./s1. The molecule has 0 spiro atoms. The molecule has 0 aromatic heterocycles. The minimum atomic E-state index is 0.454. The van der Waals surface area contributed by atoms with Crippen LogP contribution in [0.15, 0.2) is 42.5 Å². The van der Waals surface area contributed by atoms with E-state index >= 15 is 0 Å². The zero-order valence-corrected chi connectivity index (χ0v) is 25.7. The lowest BCUT2D eigenvalue weighted by molar-refractivity contribution is 0.0414. The number of allylic oxidation sites excluding steroid dienone is 3. The molecule has 7 unspecified atom stereocenters. The van der Waals surface area contributed by atoms with E-state index in [0.29, 0.717) is 17.4 Å². The first-order valence-electron chi connectivity index (χ1n) is 16.5. The third kappa shape index (κ3) is 5.50. The van der Waals surface area contributed by atoms with Crippen LogP contribution in [0.3, 0.4) is 0 Å². The van der Waals surface area contributed by atoms with Crippen molar-refractivity contribution in [2.45, 2.75) is 110 Å². The highest BCUT2D eigenvalue weighted by molar-refractivity contribution is 5.65. The van der Waals surface area contributed by atoms with Crippen molar-refractivity contribution in [1.29, 1.82) is 0 Å². The van der Waals surface area contributed by atoms with Gasteiger partial charge < -0.3 is 5.32 Å². The fourth-order valence-electron chi connectivity index (χ4n) is 9.82. The Hall–Kier alpha value is -1.64. The molecule has 39 heavy (non-hydrogen) atoms. The first-order valence-corrected chi connectivity index (χ1v) is 16.5. The Morgan fingerprint density at radius 3 is 2.62 bits per heavy atom. The molecule has 0 bridgehead atoms. The fraction of sp³-hybridized carbons (Fsp3) is 0.676. The van der Waals surface area contributed by atoms with Crippen molar-refractivity contribution in [2.24, 2.45) is 29.1 Å². The smallest absolute Gasteiger partial charge is 0.0204 e. The zero-order valence-electron chi connectivity index (χ0n) is 25.7. The van der Waals surface area contributed by atoms with E-state index in [1.165, 1.54) is 88.4 Å². The molecule has 1 N–H and O–H groups in total. The molecule has 4 aliphatic carbocycles. The first-order chi connectivity index (χ1) is 19.0. The van der Waals surface area contributed by atoms with Crippen LogP contribution in [0.1, 0.15) is 115 Å². The van der Waals surface area contributed by atoms with Crippen LogP contribution in [0, 0.1) is 29.1 Å². The molecule has 3 saturated carbocycles. The Kier molecular flexibility index (Phi) is 9.24. The van der Waals surface area contributed by atoms with Crippen molar-refractivity contribution < 1.29 is 0 Å². The molecule has 1 aliphatic heterocycles. The number of rotatable bonds is 5. The van der Waals surface area contributed by atoms with E-state index in [4.69, 9.17) is 0 Å². The average Bonchev–Trinajstić information content (AvgIpc) is 3.54. The zero-order chi connectivity index (χ0) is 27.6. The van der Waals surface area contributed by atoms with Gasteiger partial charge in [-0.25, -0.2) is 0 Å². The van der Waals surface area contributed by atoms with Gasteiger partial charge in [-0.15, -0.1) is 0 Å². The Labute approximate surface area is 240 Å². The first kappa shape index (κ1) is 28.9. The number of likely N-dealkylation sites (tertiary alicyclic amines) is 1. The second-order valence-corrected chi connectivity index (χ2v) is 13.4. The molecule has 2 nitrogen and oxygen atoms in total. The average molecular weight is 529 g/mol. The summed E-state index contributed by atoms with van der Waals surface area (Å²) in [6.07, 6.45) is 23.3. The number of hydrogen-bond donors (Lipinski definition) is 1. The molecule has 4 fully saturated rings. The van der Waals surface area contributed by atoms with Crippen LogP contribution in [0.5, 0.6) is 0 Å². The van der Waals surface area contributed by atoms with Gasteiger partial charge in [0.25, 0.3) is 0 Å². The molecule has 1 saturated heterocycles. The Morgan fingerprint density at radius 2 is 1.87 bits per heavy atom. The minimum Gasteiger partial charge on any atom is -0.316 e. The number of nitrogens with zero attached hydrogens (tertiary/aromatic N) is 1. The van der Waals surface area contributed by atoms with Gasteiger partial charge in [-0.1, -0.05) is 75.4 Å². The predicted octanol–water partition coefficient (Wildman–Crippen LogP) is 9.10. The van der Waals surface area contributed by atoms with Crippen LogP contribution < -0.4 is 5.32 Å². The van der Waals surface area contributed by atoms with Gasteiger partial charge >= 0.3 is 0 Å². The maximum Gasteiger partial charge on any atom is 0.0204 e. The molecule has 2 heteroatoms. The van der Waals surface area contributed by atoms with E-state index in [0.717, 1.165) is 29.7 Å². The van der Waals surface area contributed by atoms with Crippen LogP contribution in [-0.2, 0) is 0 Å².